The van der Waals surface area contributed by atoms with Crippen LogP contribution in [0.4, 0.5) is 0 Å². The molecule has 2 aliphatic rings. The molecule has 2 N–H and O–H groups in total. The molecule has 2 aliphatic carbocycles. The highest BCUT2D eigenvalue weighted by Crippen LogP contribution is 2.29. The first-order chi connectivity index (χ1) is 9.16. The number of amides is 1. The quantitative estimate of drug-likeness (QED) is 0.762. The van der Waals surface area contributed by atoms with Gasteiger partial charge in [-0.1, -0.05) is 50.7 Å². The Morgan fingerprint density at radius 1 is 1.11 bits per heavy atom. The average molecular weight is 282 g/mol. The Morgan fingerprint density at radius 3 is 2.26 bits per heavy atom. The van der Waals surface area contributed by atoms with Crippen molar-refractivity contribution in [2.45, 2.75) is 70.3 Å². The average Bonchev–Trinajstić information content (AvgIpc) is 3.05. The summed E-state index contributed by atoms with van der Waals surface area (Å²) < 4.78 is 0. The second-order valence-corrected chi connectivity index (χ2v) is 6.64. The summed E-state index contributed by atoms with van der Waals surface area (Å²) in [7, 11) is 0. The van der Waals surface area contributed by atoms with Gasteiger partial charge in [0, 0.05) is 12.5 Å². The van der Waals surface area contributed by atoms with Crippen molar-refractivity contribution in [2.75, 3.05) is 6.54 Å². The van der Waals surface area contributed by atoms with E-state index < -0.39 is 0 Å². The first-order valence-electron chi connectivity index (χ1n) is 7.74. The fraction of sp³-hybridized carbons (Fsp3) is 0.867. The molecule has 4 heteroatoms. The van der Waals surface area contributed by atoms with Crippen molar-refractivity contribution >= 4 is 23.1 Å². The zero-order valence-corrected chi connectivity index (χ0v) is 12.6. The smallest absolute Gasteiger partial charge is 0.223 e. The van der Waals surface area contributed by atoms with Crippen molar-refractivity contribution in [3.8, 4) is 0 Å². The van der Waals surface area contributed by atoms with Crippen LogP contribution in [0.5, 0.6) is 0 Å². The summed E-state index contributed by atoms with van der Waals surface area (Å²) in [5.74, 6) is 1.05. The van der Waals surface area contributed by atoms with E-state index in [2.05, 4.69) is 0 Å². The zero-order chi connectivity index (χ0) is 13.7. The molecular weight excluding hydrogens is 256 g/mol. The molecule has 3 nitrogen and oxygen atoms in total. The van der Waals surface area contributed by atoms with Crippen molar-refractivity contribution < 1.29 is 4.79 Å². The minimum Gasteiger partial charge on any atom is -0.392 e. The summed E-state index contributed by atoms with van der Waals surface area (Å²) in [6, 6.07) is 0.387. The highest BCUT2D eigenvalue weighted by Gasteiger charge is 2.27. The standard InChI is InChI=1S/C15H26N2OS/c16-14(19)11-17(13-7-3-4-8-13)15(18)10-9-12-5-1-2-6-12/h12-13H,1-11H2,(H2,16,19). The van der Waals surface area contributed by atoms with E-state index in [1.807, 2.05) is 4.90 Å². The Bertz CT molecular complexity index is 320. The molecule has 108 valence electrons. The van der Waals surface area contributed by atoms with Gasteiger partial charge in [0.1, 0.15) is 0 Å². The first kappa shape index (κ1) is 14.8. The molecule has 2 fully saturated rings. The molecule has 2 saturated carbocycles. The number of carbonyl (C=O) groups is 1. The van der Waals surface area contributed by atoms with Gasteiger partial charge >= 0.3 is 0 Å². The van der Waals surface area contributed by atoms with Crippen LogP contribution in [0, 0.1) is 5.92 Å². The van der Waals surface area contributed by atoms with Gasteiger partial charge in [-0.15, -0.1) is 0 Å². The van der Waals surface area contributed by atoms with Crippen LogP contribution in [-0.2, 0) is 4.79 Å². The molecule has 0 aromatic heterocycles. The zero-order valence-electron chi connectivity index (χ0n) is 11.8. The summed E-state index contributed by atoms with van der Waals surface area (Å²) in [4.78, 5) is 14.8. The Labute approximate surface area is 121 Å². The summed E-state index contributed by atoms with van der Waals surface area (Å²) in [5.41, 5.74) is 5.65. The van der Waals surface area contributed by atoms with Gasteiger partial charge in [-0.2, -0.15) is 0 Å². The molecule has 1 amide bonds. The van der Waals surface area contributed by atoms with Crippen molar-refractivity contribution in [2.24, 2.45) is 11.7 Å². The van der Waals surface area contributed by atoms with E-state index in [1.54, 1.807) is 0 Å². The Balaban J connectivity index is 1.84. The summed E-state index contributed by atoms with van der Waals surface area (Å²) >= 11 is 5.00. The second kappa shape index (κ2) is 7.22. The van der Waals surface area contributed by atoms with E-state index in [-0.39, 0.29) is 5.91 Å². The SMILES string of the molecule is NC(=S)CN(C(=O)CCC1CCCC1)C1CCCC1. The minimum absolute atomic E-state index is 0.270. The van der Waals surface area contributed by atoms with Crippen LogP contribution in [0.2, 0.25) is 0 Å². The lowest BCUT2D eigenvalue weighted by atomic mass is 10.0. The van der Waals surface area contributed by atoms with E-state index in [0.717, 1.165) is 25.2 Å². The number of nitrogens with two attached hydrogens (primary N) is 1. The molecule has 0 aromatic carbocycles. The predicted molar refractivity (Wildman–Crippen MR) is 81.9 cm³/mol. The third-order valence-electron chi connectivity index (χ3n) is 4.65. The lowest BCUT2D eigenvalue weighted by Gasteiger charge is -2.29. The number of thiocarbonyl (C=S) groups is 1. The third-order valence-corrected chi connectivity index (χ3v) is 4.78. The Kier molecular flexibility index (Phi) is 5.61. The fourth-order valence-electron chi connectivity index (χ4n) is 3.57. The Morgan fingerprint density at radius 2 is 1.68 bits per heavy atom. The van der Waals surface area contributed by atoms with Crippen molar-refractivity contribution in [1.29, 1.82) is 0 Å². The van der Waals surface area contributed by atoms with Crippen LogP contribution in [0.1, 0.15) is 64.2 Å². The lowest BCUT2D eigenvalue weighted by molar-refractivity contribution is -0.132. The van der Waals surface area contributed by atoms with Crippen LogP contribution in [0.25, 0.3) is 0 Å². The maximum absolute atomic E-state index is 12.4. The molecule has 0 radical (unpaired) electrons. The molecule has 0 bridgehead atoms. The van der Waals surface area contributed by atoms with Crippen molar-refractivity contribution in [3.05, 3.63) is 0 Å². The van der Waals surface area contributed by atoms with Gasteiger partial charge in [0.2, 0.25) is 5.91 Å². The number of hydrogen-bond donors (Lipinski definition) is 1. The maximum Gasteiger partial charge on any atom is 0.223 e. The molecule has 0 saturated heterocycles. The van der Waals surface area contributed by atoms with E-state index in [4.69, 9.17) is 18.0 Å². The highest BCUT2D eigenvalue weighted by molar-refractivity contribution is 7.80. The summed E-state index contributed by atoms with van der Waals surface area (Å²) in [6.45, 7) is 0.476. The molecule has 0 atom stereocenters. The largest absolute Gasteiger partial charge is 0.392 e. The number of hydrogen-bond acceptors (Lipinski definition) is 2. The number of rotatable bonds is 6. The van der Waals surface area contributed by atoms with Gasteiger partial charge in [0.25, 0.3) is 0 Å². The van der Waals surface area contributed by atoms with Crippen LogP contribution < -0.4 is 5.73 Å². The number of nitrogens with zero attached hydrogens (tertiary/aromatic N) is 1. The summed E-state index contributed by atoms with van der Waals surface area (Å²) in [5, 5.41) is 0. The molecule has 0 heterocycles. The topological polar surface area (TPSA) is 46.3 Å². The molecule has 0 unspecified atom stereocenters. The fourth-order valence-corrected chi connectivity index (χ4v) is 3.71. The summed E-state index contributed by atoms with van der Waals surface area (Å²) in [6.07, 6.45) is 11.8. The number of carbonyl (C=O) groups excluding carboxylic acids is 1. The van der Waals surface area contributed by atoms with Crippen LogP contribution in [0.3, 0.4) is 0 Å². The molecule has 0 spiro atoms. The first-order valence-corrected chi connectivity index (χ1v) is 8.15. The Hall–Kier alpha value is -0.640. The molecule has 0 aliphatic heterocycles. The van der Waals surface area contributed by atoms with Gasteiger partial charge < -0.3 is 10.6 Å². The second-order valence-electron chi connectivity index (χ2n) is 6.12. The highest BCUT2D eigenvalue weighted by atomic mass is 32.1. The lowest BCUT2D eigenvalue weighted by Crippen LogP contribution is -2.43. The minimum atomic E-state index is 0.270. The van der Waals surface area contributed by atoms with Gasteiger partial charge in [-0.05, 0) is 25.2 Å². The normalized spacial score (nSPS) is 20.8. The molecular formula is C15H26N2OS. The van der Waals surface area contributed by atoms with Crippen molar-refractivity contribution in [3.63, 3.8) is 0 Å². The van der Waals surface area contributed by atoms with E-state index >= 15 is 0 Å². The van der Waals surface area contributed by atoms with Crippen LogP contribution >= 0.6 is 12.2 Å². The van der Waals surface area contributed by atoms with Gasteiger partial charge in [0.05, 0.1) is 11.5 Å². The van der Waals surface area contributed by atoms with Gasteiger partial charge in [-0.25, -0.2) is 0 Å². The van der Waals surface area contributed by atoms with E-state index in [9.17, 15) is 4.79 Å². The van der Waals surface area contributed by atoms with E-state index in [1.165, 1.54) is 38.5 Å². The van der Waals surface area contributed by atoms with Crippen molar-refractivity contribution in [1.82, 2.24) is 4.90 Å². The predicted octanol–water partition coefficient (Wildman–Crippen LogP) is 3.01. The molecule has 2 rings (SSSR count). The maximum atomic E-state index is 12.4. The van der Waals surface area contributed by atoms with Gasteiger partial charge in [-0.3, -0.25) is 4.79 Å². The van der Waals surface area contributed by atoms with Gasteiger partial charge in [0.15, 0.2) is 0 Å². The van der Waals surface area contributed by atoms with E-state index in [0.29, 0.717) is 24.0 Å². The van der Waals surface area contributed by atoms with Crippen LogP contribution in [-0.4, -0.2) is 28.4 Å². The third kappa shape index (κ3) is 4.44. The van der Waals surface area contributed by atoms with Crippen LogP contribution in [0.15, 0.2) is 0 Å². The molecule has 0 aromatic rings. The monoisotopic (exact) mass is 282 g/mol. The molecule has 19 heavy (non-hydrogen) atoms.